The molecule has 6 aromatic rings. The summed E-state index contributed by atoms with van der Waals surface area (Å²) in [5.74, 6) is -5.55. The van der Waals surface area contributed by atoms with Crippen molar-refractivity contribution >= 4 is 35.8 Å². The minimum absolute atomic E-state index is 0.0509. The maximum absolute atomic E-state index is 14.3. The first-order valence-corrected chi connectivity index (χ1v) is 22.1. The van der Waals surface area contributed by atoms with Crippen LogP contribution in [0, 0.1) is 0 Å². The highest BCUT2D eigenvalue weighted by molar-refractivity contribution is 5.93. The van der Waals surface area contributed by atoms with Crippen LogP contribution in [0.4, 0.5) is 0 Å². The molecule has 0 spiro atoms. The second kappa shape index (κ2) is 22.9. The molecule has 2 aliphatic heterocycles. The van der Waals surface area contributed by atoms with Gasteiger partial charge in [-0.1, -0.05) is 109 Å². The van der Waals surface area contributed by atoms with Crippen LogP contribution >= 0.6 is 0 Å². The van der Waals surface area contributed by atoms with Gasteiger partial charge in [0, 0.05) is 14.2 Å². The Kier molecular flexibility index (Phi) is 15.8. The summed E-state index contributed by atoms with van der Waals surface area (Å²) in [4.78, 5) is 85.0. The van der Waals surface area contributed by atoms with Gasteiger partial charge < -0.3 is 47.4 Å². The Morgan fingerprint density at radius 2 is 0.471 bits per heavy atom. The number of carbonyl (C=O) groups excluding carboxylic acids is 6. The summed E-state index contributed by atoms with van der Waals surface area (Å²) >= 11 is 0. The van der Waals surface area contributed by atoms with E-state index in [1.165, 1.54) is 87.0 Å². The van der Waals surface area contributed by atoms with E-state index in [4.69, 9.17) is 47.4 Å². The molecule has 358 valence electrons. The molecule has 70 heavy (non-hydrogen) atoms. The van der Waals surface area contributed by atoms with Crippen LogP contribution in [0.2, 0.25) is 0 Å². The van der Waals surface area contributed by atoms with Crippen molar-refractivity contribution in [3.8, 4) is 0 Å². The van der Waals surface area contributed by atoms with Gasteiger partial charge >= 0.3 is 35.8 Å². The first kappa shape index (κ1) is 48.4. The third kappa shape index (κ3) is 11.3. The minimum atomic E-state index is -1.84. The van der Waals surface area contributed by atoms with Crippen molar-refractivity contribution in [2.45, 2.75) is 61.4 Å². The van der Waals surface area contributed by atoms with Crippen molar-refractivity contribution in [3.63, 3.8) is 0 Å². The maximum atomic E-state index is 14.3. The zero-order valence-corrected chi connectivity index (χ0v) is 37.6. The Balaban J connectivity index is 1.29. The predicted molar refractivity (Wildman–Crippen MR) is 245 cm³/mol. The third-order valence-electron chi connectivity index (χ3n) is 11.4. The molecule has 0 N–H and O–H groups in total. The van der Waals surface area contributed by atoms with Crippen LogP contribution in [0.25, 0.3) is 0 Å². The highest BCUT2D eigenvalue weighted by Crippen LogP contribution is 2.39. The number of hydrogen-bond acceptors (Lipinski definition) is 16. The molecule has 0 saturated carbocycles. The van der Waals surface area contributed by atoms with Gasteiger partial charge in [-0.3, -0.25) is 0 Å². The lowest BCUT2D eigenvalue weighted by Gasteiger charge is -2.51. The molecule has 10 atom stereocenters. The molecule has 6 aromatic carbocycles. The lowest BCUT2D eigenvalue weighted by molar-refractivity contribution is -0.349. The average molecular weight is 951 g/mol. The Hall–Kier alpha value is -8.02. The van der Waals surface area contributed by atoms with Crippen molar-refractivity contribution in [1.82, 2.24) is 0 Å². The predicted octanol–water partition coefficient (Wildman–Crippen LogP) is 7.08. The number of methoxy groups -OCH3 is 2. The number of esters is 6. The van der Waals surface area contributed by atoms with E-state index in [9.17, 15) is 28.8 Å². The summed E-state index contributed by atoms with van der Waals surface area (Å²) in [5, 5.41) is 0. The number of ether oxygens (including phenoxy) is 10. The topological polar surface area (TPSA) is 195 Å². The smallest absolute Gasteiger partial charge is 0.338 e. The summed E-state index contributed by atoms with van der Waals surface area (Å²) in [6.45, 7) is 0. The molecule has 2 aliphatic rings. The third-order valence-corrected chi connectivity index (χ3v) is 11.4. The molecule has 0 radical (unpaired) electrons. The molecule has 2 fully saturated rings. The van der Waals surface area contributed by atoms with E-state index in [2.05, 4.69) is 0 Å². The van der Waals surface area contributed by atoms with E-state index >= 15 is 0 Å². The van der Waals surface area contributed by atoms with E-state index in [1.807, 2.05) is 0 Å². The molecular formula is C54H46O16. The van der Waals surface area contributed by atoms with Crippen molar-refractivity contribution in [2.24, 2.45) is 0 Å². The lowest BCUT2D eigenvalue weighted by atomic mass is 9.87. The fourth-order valence-corrected chi connectivity index (χ4v) is 7.96. The SMILES string of the molecule is CO[C@@H]1O[C@H]([C@H]2O[C@@H](OC)[C@H](OC(=O)c3ccccc3)[C@@H](OC(=O)c3ccccc3)[C@@H]2OC(=O)c2ccccc2)[C@@H](OC(=O)c2ccccc2)[C@H](OC(=O)c2ccccc2)[C@H]1OC(=O)c1ccccc1. The molecule has 16 heteroatoms. The molecule has 2 saturated heterocycles. The Morgan fingerprint density at radius 3 is 0.671 bits per heavy atom. The van der Waals surface area contributed by atoms with E-state index in [1.54, 1.807) is 109 Å². The van der Waals surface area contributed by atoms with E-state index in [0.29, 0.717) is 0 Å². The first-order chi connectivity index (χ1) is 34.1. The van der Waals surface area contributed by atoms with Crippen LogP contribution in [0.5, 0.6) is 0 Å². The van der Waals surface area contributed by atoms with Gasteiger partial charge in [0.1, 0.15) is 12.2 Å². The molecular weight excluding hydrogens is 905 g/mol. The van der Waals surface area contributed by atoms with E-state index in [0.717, 1.165) is 0 Å². The molecule has 8 rings (SSSR count). The summed E-state index contributed by atoms with van der Waals surface area (Å²) in [5.41, 5.74) is 0.455. The highest BCUT2D eigenvalue weighted by atomic mass is 16.8. The Morgan fingerprint density at radius 1 is 0.286 bits per heavy atom. The van der Waals surface area contributed by atoms with Gasteiger partial charge in [0.2, 0.25) is 0 Å². The van der Waals surface area contributed by atoms with Gasteiger partial charge in [0.05, 0.1) is 33.4 Å². The van der Waals surface area contributed by atoms with E-state index < -0.39 is 97.2 Å². The number of benzene rings is 6. The fraction of sp³-hybridized carbons (Fsp3) is 0.222. The normalized spacial score (nSPS) is 23.9. The second-order valence-corrected chi connectivity index (χ2v) is 15.8. The molecule has 0 bridgehead atoms. The van der Waals surface area contributed by atoms with Gasteiger partial charge in [-0.25, -0.2) is 28.8 Å². The van der Waals surface area contributed by atoms with Crippen molar-refractivity contribution in [3.05, 3.63) is 215 Å². The van der Waals surface area contributed by atoms with Gasteiger partial charge in [-0.05, 0) is 72.8 Å². The zero-order chi connectivity index (χ0) is 49.0. The monoisotopic (exact) mass is 950 g/mol. The Bertz CT molecular complexity index is 2520. The summed E-state index contributed by atoms with van der Waals surface area (Å²) in [6.07, 6.45) is -17.4. The second-order valence-electron chi connectivity index (χ2n) is 15.8. The van der Waals surface area contributed by atoms with Gasteiger partial charge in [-0.15, -0.1) is 0 Å². The van der Waals surface area contributed by atoms with E-state index in [-0.39, 0.29) is 33.4 Å². The highest BCUT2D eigenvalue weighted by Gasteiger charge is 2.62. The molecule has 0 amide bonds. The van der Waals surface area contributed by atoms with Gasteiger partial charge in [0.15, 0.2) is 49.2 Å². The largest absolute Gasteiger partial charge is 0.452 e. The molecule has 0 aliphatic carbocycles. The molecule has 2 heterocycles. The summed E-state index contributed by atoms with van der Waals surface area (Å²) < 4.78 is 62.2. The first-order valence-electron chi connectivity index (χ1n) is 22.1. The van der Waals surface area contributed by atoms with Gasteiger partial charge in [-0.2, -0.15) is 0 Å². The zero-order valence-electron chi connectivity index (χ0n) is 37.6. The van der Waals surface area contributed by atoms with Crippen LogP contribution < -0.4 is 0 Å². The lowest BCUT2D eigenvalue weighted by Crippen LogP contribution is -2.71. The van der Waals surface area contributed by atoms with Crippen molar-refractivity contribution < 1.29 is 76.1 Å². The van der Waals surface area contributed by atoms with Crippen molar-refractivity contribution in [1.29, 1.82) is 0 Å². The quantitative estimate of drug-likeness (QED) is 0.0748. The molecule has 0 unspecified atom stereocenters. The van der Waals surface area contributed by atoms with Crippen LogP contribution in [-0.2, 0) is 47.4 Å². The molecule has 0 aromatic heterocycles. The van der Waals surface area contributed by atoms with Crippen LogP contribution in [-0.4, -0.2) is 111 Å². The van der Waals surface area contributed by atoms with Crippen LogP contribution in [0.3, 0.4) is 0 Å². The molecule has 16 nitrogen and oxygen atoms in total. The number of carbonyl (C=O) groups is 6. The number of hydrogen-bond donors (Lipinski definition) is 0. The minimum Gasteiger partial charge on any atom is -0.452 e. The standard InChI is InChI=1S/C54H46O16/c1-61-53-45(67-51(59)37-29-17-7-18-30-37)43(65-49(57)35-25-13-5-14-26-35)39(63-47(55)33-21-9-3-10-22-33)41(69-53)42-40(64-48(56)34-23-11-4-12-24-34)44(66-50(58)36-27-15-6-16-28-36)46(54(62-2)70-42)68-52(60)38-31-19-8-20-32-38/h3-32,39-46,53-54H,1-2H3/t39-,40-,41+,42+,43+,44+,45-,46-,53-,54-/m1/s1. The van der Waals surface area contributed by atoms with Crippen LogP contribution in [0.15, 0.2) is 182 Å². The fourth-order valence-electron chi connectivity index (χ4n) is 7.96. The van der Waals surface area contributed by atoms with Crippen LogP contribution in [0.1, 0.15) is 62.1 Å². The summed E-state index contributed by atoms with van der Waals surface area (Å²) in [7, 11) is 2.46. The average Bonchev–Trinajstić information content (AvgIpc) is 3.41. The van der Waals surface area contributed by atoms with Gasteiger partial charge in [0.25, 0.3) is 0 Å². The van der Waals surface area contributed by atoms with Crippen molar-refractivity contribution in [2.75, 3.05) is 14.2 Å². The summed E-state index contributed by atoms with van der Waals surface area (Å²) in [6, 6.07) is 47.2. The number of rotatable bonds is 15. The Labute approximate surface area is 401 Å². The maximum Gasteiger partial charge on any atom is 0.338 e.